The number of fused-ring (bicyclic) bond motifs is 5. The molecule has 236 valence electrons. The summed E-state index contributed by atoms with van der Waals surface area (Å²) in [6.07, 6.45) is 26.8. The van der Waals surface area contributed by atoms with Gasteiger partial charge < -0.3 is 5.32 Å². The monoisotopic (exact) mass is 570 g/mol. The molecule has 4 fully saturated rings. The molecule has 0 bridgehead atoms. The number of rotatable bonds is 16. The zero-order valence-corrected chi connectivity index (χ0v) is 27.9. The summed E-state index contributed by atoms with van der Waals surface area (Å²) in [5.41, 5.74) is 1.02. The van der Waals surface area contributed by atoms with Crippen molar-refractivity contribution in [3.63, 3.8) is 0 Å². The van der Waals surface area contributed by atoms with E-state index >= 15 is 0 Å². The Bertz CT molecular complexity index is 838. The van der Waals surface area contributed by atoms with Crippen LogP contribution >= 0.6 is 0 Å². The molecular formula is C38H67NO2. The van der Waals surface area contributed by atoms with Gasteiger partial charge in [-0.2, -0.15) is 0 Å². The fourth-order valence-corrected chi connectivity index (χ4v) is 11.2. The minimum atomic E-state index is -0.0140. The van der Waals surface area contributed by atoms with Gasteiger partial charge in [0.2, 0.25) is 5.91 Å². The molecule has 0 aromatic heterocycles. The molecule has 41 heavy (non-hydrogen) atoms. The van der Waals surface area contributed by atoms with Crippen LogP contribution in [-0.4, -0.2) is 17.7 Å². The second kappa shape index (κ2) is 15.2. The molecule has 4 aliphatic carbocycles. The van der Waals surface area contributed by atoms with Crippen molar-refractivity contribution in [1.29, 1.82) is 0 Å². The van der Waals surface area contributed by atoms with Gasteiger partial charge in [-0.05, 0) is 111 Å². The van der Waals surface area contributed by atoms with Crippen molar-refractivity contribution in [2.24, 2.45) is 46.3 Å². The van der Waals surface area contributed by atoms with Gasteiger partial charge in [0.1, 0.15) is 5.78 Å². The van der Waals surface area contributed by atoms with Crippen LogP contribution in [0.25, 0.3) is 0 Å². The zero-order valence-electron chi connectivity index (χ0n) is 27.9. The zero-order chi connectivity index (χ0) is 29.5. The standard InChI is InChI=1S/C38H67NO2/c1-6-8-9-10-11-12-13-14-15-17-31(40)27-36(41)39-30-22-24-37(4)29(26-30)18-19-32-34-21-20-33(28(3)16-7-2)38(34,5)25-23-35(32)37/h28-30,32-35H,6-27H2,1-5H3,(H,39,41)/t28-,29?,30?,32?,33-,34?,35?,37+,38-/m1/s1. The number of Topliss-reactive ketones (excluding diaryl/α,β-unsaturated/α-hetero) is 1. The highest BCUT2D eigenvalue weighted by Crippen LogP contribution is 2.68. The molecule has 0 aromatic carbocycles. The fourth-order valence-electron chi connectivity index (χ4n) is 11.2. The molecule has 3 nitrogen and oxygen atoms in total. The number of hydrogen-bond acceptors (Lipinski definition) is 2. The van der Waals surface area contributed by atoms with Gasteiger partial charge in [-0.15, -0.1) is 0 Å². The first-order valence-corrected chi connectivity index (χ1v) is 18.5. The number of carbonyl (C=O) groups is 2. The maximum absolute atomic E-state index is 12.8. The van der Waals surface area contributed by atoms with Crippen LogP contribution in [0.4, 0.5) is 0 Å². The minimum Gasteiger partial charge on any atom is -0.353 e. The van der Waals surface area contributed by atoms with Gasteiger partial charge in [0.15, 0.2) is 0 Å². The van der Waals surface area contributed by atoms with Crippen LogP contribution in [0, 0.1) is 46.3 Å². The second-order valence-corrected chi connectivity index (χ2v) is 16.0. The average molecular weight is 570 g/mol. The molecule has 5 unspecified atom stereocenters. The Hall–Kier alpha value is -0.860. The number of unbranched alkanes of at least 4 members (excludes halogenated alkanes) is 8. The quantitative estimate of drug-likeness (QED) is 0.148. The normalized spacial score (nSPS) is 37.1. The molecule has 3 heteroatoms. The summed E-state index contributed by atoms with van der Waals surface area (Å²) in [7, 11) is 0. The van der Waals surface area contributed by atoms with Crippen molar-refractivity contribution in [2.75, 3.05) is 0 Å². The molecule has 4 rings (SSSR count). The van der Waals surface area contributed by atoms with Crippen LogP contribution in [0.2, 0.25) is 0 Å². The van der Waals surface area contributed by atoms with E-state index in [1.54, 1.807) is 0 Å². The molecule has 0 saturated heterocycles. The lowest BCUT2D eigenvalue weighted by molar-refractivity contribution is -0.131. The lowest BCUT2D eigenvalue weighted by atomic mass is 9.44. The van der Waals surface area contributed by atoms with E-state index in [9.17, 15) is 9.59 Å². The van der Waals surface area contributed by atoms with Crippen molar-refractivity contribution in [3.05, 3.63) is 0 Å². The summed E-state index contributed by atoms with van der Waals surface area (Å²) in [5.74, 6) is 5.44. The van der Waals surface area contributed by atoms with E-state index in [1.807, 2.05) is 0 Å². The van der Waals surface area contributed by atoms with Gasteiger partial charge in [0.25, 0.3) is 0 Å². The van der Waals surface area contributed by atoms with E-state index in [2.05, 4.69) is 39.9 Å². The number of amides is 1. The van der Waals surface area contributed by atoms with Crippen molar-refractivity contribution in [3.8, 4) is 0 Å². The van der Waals surface area contributed by atoms with E-state index in [1.165, 1.54) is 103 Å². The third-order valence-corrected chi connectivity index (χ3v) is 13.5. The fraction of sp³-hybridized carbons (Fsp3) is 0.947. The highest BCUT2D eigenvalue weighted by Gasteiger charge is 2.60. The third-order valence-electron chi connectivity index (χ3n) is 13.5. The summed E-state index contributed by atoms with van der Waals surface area (Å²) >= 11 is 0. The van der Waals surface area contributed by atoms with Gasteiger partial charge in [-0.1, -0.05) is 98.8 Å². The number of carbonyl (C=O) groups excluding carboxylic acids is 2. The van der Waals surface area contributed by atoms with Gasteiger partial charge in [-0.3, -0.25) is 9.59 Å². The van der Waals surface area contributed by atoms with Crippen molar-refractivity contribution in [2.45, 2.75) is 182 Å². The lowest BCUT2D eigenvalue weighted by Gasteiger charge is -2.61. The van der Waals surface area contributed by atoms with Gasteiger partial charge >= 0.3 is 0 Å². The van der Waals surface area contributed by atoms with E-state index in [0.29, 0.717) is 17.3 Å². The molecule has 0 aliphatic heterocycles. The van der Waals surface area contributed by atoms with Gasteiger partial charge in [0.05, 0.1) is 6.42 Å². The molecule has 4 saturated carbocycles. The topological polar surface area (TPSA) is 46.2 Å². The largest absolute Gasteiger partial charge is 0.353 e. The number of nitrogens with one attached hydrogen (secondary N) is 1. The SMILES string of the molecule is CCCCCCCCCCCC(=O)CC(=O)NC1CC[C@@]2(C)C(CCC3C2CC[C@@]2(C)C3CC[C@@H]2[C@H](C)CCC)C1. The first kappa shape index (κ1) is 33.0. The molecule has 1 N–H and O–H groups in total. The van der Waals surface area contributed by atoms with Crippen LogP contribution in [0.3, 0.4) is 0 Å². The molecule has 9 atom stereocenters. The van der Waals surface area contributed by atoms with Crippen LogP contribution < -0.4 is 5.32 Å². The number of ketones is 1. The first-order valence-electron chi connectivity index (χ1n) is 18.5. The van der Waals surface area contributed by atoms with E-state index in [4.69, 9.17) is 0 Å². The third kappa shape index (κ3) is 7.81. The maximum Gasteiger partial charge on any atom is 0.227 e. The summed E-state index contributed by atoms with van der Waals surface area (Å²) < 4.78 is 0. The van der Waals surface area contributed by atoms with E-state index < -0.39 is 0 Å². The molecule has 0 aromatic rings. The Morgan fingerprint density at radius 2 is 1.41 bits per heavy atom. The predicted octanol–water partition coefficient (Wildman–Crippen LogP) is 10.4. The summed E-state index contributed by atoms with van der Waals surface area (Å²) in [6.45, 7) is 12.5. The van der Waals surface area contributed by atoms with Crippen LogP contribution in [0.5, 0.6) is 0 Å². The Labute approximate surface area is 254 Å². The summed E-state index contributed by atoms with van der Waals surface area (Å²) in [5, 5.41) is 3.32. The second-order valence-electron chi connectivity index (χ2n) is 16.0. The summed E-state index contributed by atoms with van der Waals surface area (Å²) in [6, 6.07) is 0.275. The van der Waals surface area contributed by atoms with Crippen LogP contribution in [0.15, 0.2) is 0 Å². The highest BCUT2D eigenvalue weighted by molar-refractivity contribution is 5.98. The van der Waals surface area contributed by atoms with Gasteiger partial charge in [-0.25, -0.2) is 0 Å². The van der Waals surface area contributed by atoms with Gasteiger partial charge in [0, 0.05) is 12.5 Å². The first-order chi connectivity index (χ1) is 19.7. The Morgan fingerprint density at radius 3 is 2.12 bits per heavy atom. The van der Waals surface area contributed by atoms with Crippen molar-refractivity contribution < 1.29 is 9.59 Å². The minimum absolute atomic E-state index is 0.0140. The maximum atomic E-state index is 12.8. The Morgan fingerprint density at radius 1 is 0.756 bits per heavy atom. The van der Waals surface area contributed by atoms with Crippen molar-refractivity contribution in [1.82, 2.24) is 5.32 Å². The molecule has 0 spiro atoms. The summed E-state index contributed by atoms with van der Waals surface area (Å²) in [4.78, 5) is 25.3. The molecular weight excluding hydrogens is 502 g/mol. The lowest BCUT2D eigenvalue weighted by Crippen LogP contribution is -2.55. The molecule has 4 aliphatic rings. The average Bonchev–Trinajstić information content (AvgIpc) is 3.30. The molecule has 0 radical (unpaired) electrons. The van der Waals surface area contributed by atoms with Crippen molar-refractivity contribution >= 4 is 11.7 Å². The molecule has 0 heterocycles. The number of hydrogen-bond donors (Lipinski definition) is 1. The smallest absolute Gasteiger partial charge is 0.227 e. The molecule has 1 amide bonds. The van der Waals surface area contributed by atoms with E-state index in [0.717, 1.165) is 61.2 Å². The highest BCUT2D eigenvalue weighted by atomic mass is 16.2. The van der Waals surface area contributed by atoms with E-state index in [-0.39, 0.29) is 24.2 Å². The Kier molecular flexibility index (Phi) is 12.3. The predicted molar refractivity (Wildman–Crippen MR) is 173 cm³/mol. The van der Waals surface area contributed by atoms with Crippen LogP contribution in [-0.2, 0) is 9.59 Å². The van der Waals surface area contributed by atoms with Crippen LogP contribution in [0.1, 0.15) is 176 Å². The Balaban J connectivity index is 1.18.